The molecule has 33 heavy (non-hydrogen) atoms. The van der Waals surface area contributed by atoms with Gasteiger partial charge in [0.2, 0.25) is 0 Å². The van der Waals surface area contributed by atoms with E-state index in [4.69, 9.17) is 37.7 Å². The number of carbonyl (C=O) groups excluding carboxylic acids is 1. The van der Waals surface area contributed by atoms with E-state index in [1.807, 2.05) is 36.4 Å². The molecule has 0 radical (unpaired) electrons. The molecule has 1 heterocycles. The summed E-state index contributed by atoms with van der Waals surface area (Å²) in [6.07, 6.45) is 1.55. The Kier molecular flexibility index (Phi) is 7.06. The van der Waals surface area contributed by atoms with Crippen LogP contribution in [-0.2, 0) is 12.8 Å². The van der Waals surface area contributed by atoms with Crippen LogP contribution in [0.4, 0.5) is 16.2 Å². The molecule has 2 amide bonds. The molecule has 6 nitrogen and oxygen atoms in total. The van der Waals surface area contributed by atoms with Gasteiger partial charge in [-0.1, -0.05) is 35.3 Å². The summed E-state index contributed by atoms with van der Waals surface area (Å²) in [5, 5.41) is 6.43. The number of rotatable bonds is 6. The third-order valence-electron chi connectivity index (χ3n) is 5.31. The Morgan fingerprint density at radius 3 is 2.21 bits per heavy atom. The summed E-state index contributed by atoms with van der Waals surface area (Å²) in [5.41, 5.74) is 5.57. The van der Waals surface area contributed by atoms with Gasteiger partial charge in [0.05, 0.1) is 14.2 Å². The lowest BCUT2D eigenvalue weighted by Crippen LogP contribution is -2.19. The number of anilines is 2. The number of aliphatic imine (C=N–C) groups is 1. The number of nitrogens with zero attached hydrogens (tertiary/aromatic N) is 1. The maximum atomic E-state index is 12.3. The van der Waals surface area contributed by atoms with E-state index in [1.165, 1.54) is 5.56 Å². The van der Waals surface area contributed by atoms with Gasteiger partial charge in [-0.25, -0.2) is 4.79 Å². The minimum absolute atomic E-state index is 0.382. The number of hydrogen-bond donors (Lipinski definition) is 2. The van der Waals surface area contributed by atoms with Crippen LogP contribution in [0.25, 0.3) is 0 Å². The molecule has 4 rings (SSSR count). The zero-order chi connectivity index (χ0) is 23.4. The van der Waals surface area contributed by atoms with Crippen LogP contribution in [0.3, 0.4) is 0 Å². The second kappa shape index (κ2) is 10.1. The predicted molar refractivity (Wildman–Crippen MR) is 134 cm³/mol. The largest absolute Gasteiger partial charge is 0.493 e. The first kappa shape index (κ1) is 23.0. The van der Waals surface area contributed by atoms with Crippen molar-refractivity contribution in [3.8, 4) is 11.5 Å². The lowest BCUT2D eigenvalue weighted by atomic mass is 9.93. The number of hydrogen-bond acceptors (Lipinski definition) is 4. The van der Waals surface area contributed by atoms with E-state index in [0.717, 1.165) is 35.6 Å². The lowest BCUT2D eigenvalue weighted by molar-refractivity contribution is 0.262. The molecule has 0 bridgehead atoms. The van der Waals surface area contributed by atoms with Crippen molar-refractivity contribution in [3.05, 3.63) is 81.3 Å². The minimum Gasteiger partial charge on any atom is -0.493 e. The Morgan fingerprint density at radius 1 is 0.909 bits per heavy atom. The Morgan fingerprint density at radius 2 is 1.55 bits per heavy atom. The molecule has 0 saturated heterocycles. The van der Waals surface area contributed by atoms with Gasteiger partial charge in [-0.3, -0.25) is 4.99 Å². The maximum Gasteiger partial charge on any atom is 0.323 e. The topological polar surface area (TPSA) is 72.0 Å². The van der Waals surface area contributed by atoms with Crippen molar-refractivity contribution in [1.29, 1.82) is 0 Å². The van der Waals surface area contributed by atoms with Crippen LogP contribution in [0, 0.1) is 0 Å². The first-order valence-electron chi connectivity index (χ1n) is 10.4. The van der Waals surface area contributed by atoms with E-state index >= 15 is 0 Å². The number of methoxy groups -OCH3 is 2. The average Bonchev–Trinajstić information content (AvgIpc) is 2.79. The molecule has 2 N–H and O–H groups in total. The van der Waals surface area contributed by atoms with Gasteiger partial charge >= 0.3 is 6.03 Å². The Balaban J connectivity index is 1.43. The van der Waals surface area contributed by atoms with Gasteiger partial charge < -0.3 is 20.1 Å². The summed E-state index contributed by atoms with van der Waals surface area (Å²) in [6, 6.07) is 16.2. The van der Waals surface area contributed by atoms with Gasteiger partial charge in [0.1, 0.15) is 0 Å². The molecule has 0 unspecified atom stereocenters. The smallest absolute Gasteiger partial charge is 0.323 e. The van der Waals surface area contributed by atoms with Crippen LogP contribution in [0.1, 0.15) is 16.7 Å². The van der Waals surface area contributed by atoms with Crippen LogP contribution in [0.15, 0.2) is 59.6 Å². The van der Waals surface area contributed by atoms with Crippen molar-refractivity contribution in [3.63, 3.8) is 0 Å². The summed E-state index contributed by atoms with van der Waals surface area (Å²) in [7, 11) is 3.27. The fraction of sp³-hybridized carbons (Fsp3) is 0.200. The molecule has 0 aromatic heterocycles. The van der Waals surface area contributed by atoms with Gasteiger partial charge in [-0.2, -0.15) is 0 Å². The van der Waals surface area contributed by atoms with Crippen LogP contribution in [-0.4, -0.2) is 32.5 Å². The van der Waals surface area contributed by atoms with Crippen LogP contribution < -0.4 is 20.1 Å². The van der Waals surface area contributed by atoms with Crippen molar-refractivity contribution in [2.75, 3.05) is 31.4 Å². The zero-order valence-corrected chi connectivity index (χ0v) is 19.8. The summed E-state index contributed by atoms with van der Waals surface area (Å²) in [6.45, 7) is 0.741. The van der Waals surface area contributed by atoms with Crippen LogP contribution in [0.2, 0.25) is 10.0 Å². The molecule has 0 aliphatic carbocycles. The van der Waals surface area contributed by atoms with Crippen molar-refractivity contribution >= 4 is 46.3 Å². The van der Waals surface area contributed by atoms with E-state index in [1.54, 1.807) is 32.4 Å². The average molecular weight is 484 g/mol. The van der Waals surface area contributed by atoms with E-state index in [2.05, 4.69) is 10.6 Å². The second-order valence-corrected chi connectivity index (χ2v) is 8.43. The first-order valence-corrected chi connectivity index (χ1v) is 11.1. The van der Waals surface area contributed by atoms with Gasteiger partial charge in [0.15, 0.2) is 11.5 Å². The summed E-state index contributed by atoms with van der Waals surface area (Å²) >= 11 is 12.0. The quantitative estimate of drug-likeness (QED) is 0.435. The number of ether oxygens (including phenoxy) is 2. The lowest BCUT2D eigenvalue weighted by Gasteiger charge is -2.20. The molecule has 1 aliphatic rings. The monoisotopic (exact) mass is 483 g/mol. The molecule has 8 heteroatoms. The third kappa shape index (κ3) is 5.59. The van der Waals surface area contributed by atoms with Gasteiger partial charge in [0, 0.05) is 45.7 Å². The Bertz CT molecular complexity index is 1190. The van der Waals surface area contributed by atoms with Gasteiger partial charge in [-0.15, -0.1) is 0 Å². The highest BCUT2D eigenvalue weighted by Crippen LogP contribution is 2.33. The normalized spacial score (nSPS) is 12.4. The van der Waals surface area contributed by atoms with E-state index in [-0.39, 0.29) is 6.03 Å². The molecule has 170 valence electrons. The molecule has 3 aromatic rings. The predicted octanol–water partition coefficient (Wildman–Crippen LogP) is 6.24. The number of urea groups is 1. The molecular weight excluding hydrogens is 461 g/mol. The standard InChI is InChI=1S/C25H23Cl2N3O3/c1-32-23-10-16-7-8-28-22(21(16)14-24(23)33-2)9-15-3-5-19(6-4-15)29-25(31)30-20-12-17(26)11-18(27)13-20/h3-6,10-14H,7-9H2,1-2H3,(H2,29,30,31). The van der Waals surface area contributed by atoms with E-state index in [0.29, 0.717) is 33.6 Å². The number of fused-ring (bicyclic) bond motifs is 1. The van der Waals surface area contributed by atoms with Crippen molar-refractivity contribution in [1.82, 2.24) is 0 Å². The number of benzene rings is 3. The molecular formula is C25H23Cl2N3O3. The fourth-order valence-corrected chi connectivity index (χ4v) is 4.29. The summed E-state index contributed by atoms with van der Waals surface area (Å²) in [4.78, 5) is 17.1. The fourth-order valence-electron chi connectivity index (χ4n) is 3.76. The Hall–Kier alpha value is -3.22. The highest BCUT2D eigenvalue weighted by atomic mass is 35.5. The number of halogens is 2. The van der Waals surface area contributed by atoms with Crippen molar-refractivity contribution < 1.29 is 14.3 Å². The number of carbonyl (C=O) groups is 1. The molecule has 0 spiro atoms. The molecule has 0 fully saturated rings. The first-order chi connectivity index (χ1) is 15.9. The highest BCUT2D eigenvalue weighted by Gasteiger charge is 2.18. The van der Waals surface area contributed by atoms with E-state index < -0.39 is 0 Å². The zero-order valence-electron chi connectivity index (χ0n) is 18.2. The molecule has 1 aliphatic heterocycles. The SMILES string of the molecule is COc1cc2c(cc1OC)C(Cc1ccc(NC(=O)Nc3cc(Cl)cc(Cl)c3)cc1)=NCC2. The summed E-state index contributed by atoms with van der Waals surface area (Å²) in [5.74, 6) is 1.42. The molecule has 0 atom stereocenters. The van der Waals surface area contributed by atoms with Crippen LogP contribution in [0.5, 0.6) is 11.5 Å². The molecule has 3 aromatic carbocycles. The number of nitrogens with one attached hydrogen (secondary N) is 2. The summed E-state index contributed by atoms with van der Waals surface area (Å²) < 4.78 is 10.9. The van der Waals surface area contributed by atoms with Crippen molar-refractivity contribution in [2.24, 2.45) is 4.99 Å². The van der Waals surface area contributed by atoms with Crippen LogP contribution >= 0.6 is 23.2 Å². The highest BCUT2D eigenvalue weighted by molar-refractivity contribution is 6.35. The maximum absolute atomic E-state index is 12.3. The van der Waals surface area contributed by atoms with Gasteiger partial charge in [0.25, 0.3) is 0 Å². The number of amides is 2. The van der Waals surface area contributed by atoms with E-state index in [9.17, 15) is 4.79 Å². The molecule has 0 saturated carbocycles. The van der Waals surface area contributed by atoms with Crippen molar-refractivity contribution in [2.45, 2.75) is 12.8 Å². The second-order valence-electron chi connectivity index (χ2n) is 7.55. The minimum atomic E-state index is -0.382. The van der Waals surface area contributed by atoms with Gasteiger partial charge in [-0.05, 0) is 60.0 Å². The third-order valence-corrected chi connectivity index (χ3v) is 5.74. The Labute approximate surface area is 202 Å².